The van der Waals surface area contributed by atoms with Crippen molar-refractivity contribution >= 4 is 44.9 Å². The molecule has 0 radical (unpaired) electrons. The quantitative estimate of drug-likeness (QED) is 0.370. The minimum atomic E-state index is -0.755. The van der Waals surface area contributed by atoms with E-state index >= 15 is 0 Å². The van der Waals surface area contributed by atoms with Gasteiger partial charge in [-0.05, 0) is 31.5 Å². The van der Waals surface area contributed by atoms with Crippen LogP contribution in [0.15, 0.2) is 74.6 Å². The maximum Gasteiger partial charge on any atom is 0.336 e. The van der Waals surface area contributed by atoms with Gasteiger partial charge in [0.1, 0.15) is 10.9 Å². The first-order chi connectivity index (χ1) is 16.3. The van der Waals surface area contributed by atoms with Crippen molar-refractivity contribution in [2.24, 2.45) is 10.9 Å². The van der Waals surface area contributed by atoms with Crippen LogP contribution in [-0.2, 0) is 19.1 Å². The molecule has 1 aliphatic heterocycles. The fourth-order valence-electron chi connectivity index (χ4n) is 4.29. The molecule has 0 aliphatic carbocycles. The van der Waals surface area contributed by atoms with Gasteiger partial charge in [0.15, 0.2) is 0 Å². The monoisotopic (exact) mass is 538 g/mol. The average Bonchev–Trinajstić information content (AvgIpc) is 3.33. The van der Waals surface area contributed by atoms with E-state index in [1.54, 1.807) is 13.8 Å². The van der Waals surface area contributed by atoms with Crippen molar-refractivity contribution < 1.29 is 19.1 Å². The molecule has 0 saturated carbocycles. The Labute approximate surface area is 210 Å². The zero-order valence-corrected chi connectivity index (χ0v) is 21.6. The number of thiazole rings is 1. The molecule has 6 nitrogen and oxygen atoms in total. The minimum absolute atomic E-state index is 0.348. The number of aromatic nitrogens is 1. The van der Waals surface area contributed by atoms with E-state index in [4.69, 9.17) is 14.5 Å². The standard InChI is InChI=1S/C26H23BrN2O4S/c1-14-21(25(30)32-3)23(22(15(2)28-14)26(31)33-4)18-7-5-6-8-19(18)24-29-20(13-34-24)16-9-11-17(27)12-10-16/h5-13,21,23H,1-4H3. The lowest BCUT2D eigenvalue weighted by Crippen LogP contribution is -2.36. The third kappa shape index (κ3) is 4.48. The second kappa shape index (κ2) is 10.0. The van der Waals surface area contributed by atoms with Crippen molar-refractivity contribution in [3.8, 4) is 21.8 Å². The van der Waals surface area contributed by atoms with Crippen LogP contribution >= 0.6 is 27.3 Å². The molecule has 0 amide bonds. The number of hydrogen-bond donors (Lipinski definition) is 0. The smallest absolute Gasteiger partial charge is 0.336 e. The zero-order valence-electron chi connectivity index (χ0n) is 19.2. The molecule has 3 aromatic rings. The molecule has 2 atom stereocenters. The van der Waals surface area contributed by atoms with E-state index in [2.05, 4.69) is 20.9 Å². The van der Waals surface area contributed by atoms with Crippen LogP contribution < -0.4 is 0 Å². The number of aliphatic imine (C=N–C) groups is 1. The van der Waals surface area contributed by atoms with E-state index < -0.39 is 23.8 Å². The summed E-state index contributed by atoms with van der Waals surface area (Å²) in [7, 11) is 2.67. The molecule has 8 heteroatoms. The number of carbonyl (C=O) groups excluding carboxylic acids is 2. The van der Waals surface area contributed by atoms with Crippen LogP contribution in [0.3, 0.4) is 0 Å². The number of esters is 2. The molecule has 0 saturated heterocycles. The molecule has 0 N–H and O–H groups in total. The normalized spacial score (nSPS) is 17.9. The Bertz CT molecular complexity index is 1310. The summed E-state index contributed by atoms with van der Waals surface area (Å²) in [5.41, 5.74) is 4.96. The van der Waals surface area contributed by atoms with Crippen molar-refractivity contribution in [1.82, 2.24) is 4.98 Å². The minimum Gasteiger partial charge on any atom is -0.468 e. The Morgan fingerprint density at radius 3 is 2.38 bits per heavy atom. The molecule has 1 aromatic heterocycles. The molecular weight excluding hydrogens is 516 g/mol. The number of ether oxygens (including phenoxy) is 2. The summed E-state index contributed by atoms with van der Waals surface area (Å²) in [6.45, 7) is 3.54. The van der Waals surface area contributed by atoms with Gasteiger partial charge in [-0.1, -0.05) is 52.3 Å². The molecule has 4 rings (SSSR count). The summed E-state index contributed by atoms with van der Waals surface area (Å²) in [4.78, 5) is 35.1. The van der Waals surface area contributed by atoms with Gasteiger partial charge in [0.05, 0.1) is 25.5 Å². The summed E-state index contributed by atoms with van der Waals surface area (Å²) in [6, 6.07) is 15.7. The topological polar surface area (TPSA) is 77.8 Å². The Balaban J connectivity index is 1.87. The Morgan fingerprint density at radius 1 is 1.00 bits per heavy atom. The fraction of sp³-hybridized carbons (Fsp3) is 0.231. The van der Waals surface area contributed by atoms with E-state index in [1.807, 2.05) is 53.9 Å². The van der Waals surface area contributed by atoms with Gasteiger partial charge in [-0.2, -0.15) is 0 Å². The Morgan fingerprint density at radius 2 is 1.71 bits per heavy atom. The van der Waals surface area contributed by atoms with E-state index in [9.17, 15) is 9.59 Å². The van der Waals surface area contributed by atoms with Crippen molar-refractivity contribution in [2.75, 3.05) is 14.2 Å². The van der Waals surface area contributed by atoms with Gasteiger partial charge in [-0.15, -0.1) is 11.3 Å². The Hall–Kier alpha value is -3.10. The van der Waals surface area contributed by atoms with Gasteiger partial charge in [0.2, 0.25) is 0 Å². The van der Waals surface area contributed by atoms with Gasteiger partial charge in [-0.25, -0.2) is 9.78 Å². The summed E-state index contributed by atoms with van der Waals surface area (Å²) in [5.74, 6) is -2.34. The molecule has 0 fully saturated rings. The van der Waals surface area contributed by atoms with E-state index in [1.165, 1.54) is 25.6 Å². The van der Waals surface area contributed by atoms with Crippen molar-refractivity contribution in [3.05, 3.63) is 75.2 Å². The van der Waals surface area contributed by atoms with Crippen LogP contribution in [0, 0.1) is 5.92 Å². The highest BCUT2D eigenvalue weighted by Crippen LogP contribution is 2.44. The van der Waals surface area contributed by atoms with Crippen LogP contribution in [0.25, 0.3) is 21.8 Å². The zero-order chi connectivity index (χ0) is 24.4. The lowest BCUT2D eigenvalue weighted by atomic mass is 9.74. The first kappa shape index (κ1) is 24.0. The lowest BCUT2D eigenvalue weighted by molar-refractivity contribution is -0.143. The van der Waals surface area contributed by atoms with Crippen molar-refractivity contribution in [3.63, 3.8) is 0 Å². The van der Waals surface area contributed by atoms with Crippen LogP contribution in [0.5, 0.6) is 0 Å². The molecule has 174 valence electrons. The number of hydrogen-bond acceptors (Lipinski definition) is 7. The summed E-state index contributed by atoms with van der Waals surface area (Å²) in [6.07, 6.45) is 0. The number of carbonyl (C=O) groups is 2. The molecule has 0 spiro atoms. The molecule has 1 aliphatic rings. The highest BCUT2D eigenvalue weighted by Gasteiger charge is 2.43. The number of allylic oxidation sites excluding steroid dienone is 1. The third-order valence-electron chi connectivity index (χ3n) is 5.86. The lowest BCUT2D eigenvalue weighted by Gasteiger charge is -2.32. The SMILES string of the molecule is COC(=O)C1=C(C)N=C(C)C(C(=O)OC)C1c1ccccc1-c1nc(-c2ccc(Br)cc2)cs1. The predicted molar refractivity (Wildman–Crippen MR) is 137 cm³/mol. The molecular formula is C26H23BrN2O4S. The fourth-order valence-corrected chi connectivity index (χ4v) is 5.43. The highest BCUT2D eigenvalue weighted by atomic mass is 79.9. The van der Waals surface area contributed by atoms with Crippen LogP contribution in [-0.4, -0.2) is 36.9 Å². The van der Waals surface area contributed by atoms with Crippen molar-refractivity contribution in [1.29, 1.82) is 0 Å². The van der Waals surface area contributed by atoms with Crippen LogP contribution in [0.4, 0.5) is 0 Å². The van der Waals surface area contributed by atoms with Gasteiger partial charge in [0.25, 0.3) is 0 Å². The highest BCUT2D eigenvalue weighted by molar-refractivity contribution is 9.10. The predicted octanol–water partition coefficient (Wildman–Crippen LogP) is 6.03. The molecule has 2 heterocycles. The maximum absolute atomic E-state index is 12.9. The van der Waals surface area contributed by atoms with E-state index in [0.717, 1.165) is 31.9 Å². The van der Waals surface area contributed by atoms with Gasteiger partial charge in [-0.3, -0.25) is 9.79 Å². The van der Waals surface area contributed by atoms with Gasteiger partial charge in [0, 0.05) is 38.3 Å². The van der Waals surface area contributed by atoms with Gasteiger partial charge < -0.3 is 9.47 Å². The number of methoxy groups -OCH3 is 2. The number of benzene rings is 2. The molecule has 2 aromatic carbocycles. The van der Waals surface area contributed by atoms with Gasteiger partial charge >= 0.3 is 11.9 Å². The first-order valence-corrected chi connectivity index (χ1v) is 12.3. The number of nitrogens with zero attached hydrogens (tertiary/aromatic N) is 2. The van der Waals surface area contributed by atoms with Crippen LogP contribution in [0.1, 0.15) is 25.3 Å². The van der Waals surface area contributed by atoms with Crippen molar-refractivity contribution in [2.45, 2.75) is 19.8 Å². The Kier molecular flexibility index (Phi) is 7.09. The van der Waals surface area contributed by atoms with Crippen LogP contribution in [0.2, 0.25) is 0 Å². The summed E-state index contributed by atoms with van der Waals surface area (Å²) in [5, 5.41) is 2.79. The molecule has 34 heavy (non-hydrogen) atoms. The first-order valence-electron chi connectivity index (χ1n) is 10.6. The number of halogens is 1. The average molecular weight is 539 g/mol. The maximum atomic E-state index is 12.9. The van der Waals surface area contributed by atoms with E-state index in [0.29, 0.717) is 17.0 Å². The molecule has 2 unspecified atom stereocenters. The number of rotatable bonds is 5. The second-order valence-corrected chi connectivity index (χ2v) is 9.63. The summed E-state index contributed by atoms with van der Waals surface area (Å²) >= 11 is 4.97. The second-order valence-electron chi connectivity index (χ2n) is 7.85. The largest absolute Gasteiger partial charge is 0.468 e. The molecule has 0 bridgehead atoms. The third-order valence-corrected chi connectivity index (χ3v) is 7.26. The summed E-state index contributed by atoms with van der Waals surface area (Å²) < 4.78 is 11.2. The van der Waals surface area contributed by atoms with E-state index in [-0.39, 0.29) is 0 Å².